The molecule has 2 nitrogen and oxygen atoms in total. The number of aryl methyl sites for hydroxylation is 1. The standard InChI is InChI=1S/C19H27NO/c1-5-12-20-18(19-15(4)11-13-21-19)17-9-7-16(8-10-17)14(3)6-2/h7-11,13-14,18,20H,5-6,12H2,1-4H3. The van der Waals surface area contributed by atoms with Gasteiger partial charge in [-0.15, -0.1) is 0 Å². The smallest absolute Gasteiger partial charge is 0.128 e. The van der Waals surface area contributed by atoms with Crippen molar-refractivity contribution in [3.05, 3.63) is 59.0 Å². The minimum absolute atomic E-state index is 0.144. The second kappa shape index (κ2) is 7.46. The lowest BCUT2D eigenvalue weighted by atomic mass is 9.95. The van der Waals surface area contributed by atoms with Gasteiger partial charge in [0.2, 0.25) is 0 Å². The Labute approximate surface area is 128 Å². The van der Waals surface area contributed by atoms with Crippen molar-refractivity contribution in [3.8, 4) is 0 Å². The van der Waals surface area contributed by atoms with Crippen LogP contribution in [0, 0.1) is 6.92 Å². The Morgan fingerprint density at radius 2 is 1.71 bits per heavy atom. The van der Waals surface area contributed by atoms with Crippen LogP contribution in [0.4, 0.5) is 0 Å². The summed E-state index contributed by atoms with van der Waals surface area (Å²) in [5, 5.41) is 3.60. The van der Waals surface area contributed by atoms with Gasteiger partial charge in [0, 0.05) is 0 Å². The first-order valence-electron chi connectivity index (χ1n) is 8.04. The van der Waals surface area contributed by atoms with Crippen molar-refractivity contribution >= 4 is 0 Å². The molecular weight excluding hydrogens is 258 g/mol. The van der Waals surface area contributed by atoms with E-state index in [-0.39, 0.29) is 6.04 Å². The zero-order valence-electron chi connectivity index (χ0n) is 13.6. The monoisotopic (exact) mass is 285 g/mol. The summed E-state index contributed by atoms with van der Waals surface area (Å²) in [6, 6.07) is 11.1. The maximum absolute atomic E-state index is 5.71. The molecule has 0 aliphatic carbocycles. The fourth-order valence-electron chi connectivity index (χ4n) is 2.58. The number of hydrogen-bond acceptors (Lipinski definition) is 2. The van der Waals surface area contributed by atoms with Crippen molar-refractivity contribution in [2.24, 2.45) is 0 Å². The number of furan rings is 1. The molecule has 2 rings (SSSR count). The summed E-state index contributed by atoms with van der Waals surface area (Å²) < 4.78 is 5.71. The topological polar surface area (TPSA) is 25.2 Å². The van der Waals surface area contributed by atoms with Crippen LogP contribution in [-0.4, -0.2) is 6.54 Å². The average Bonchev–Trinajstić information content (AvgIpc) is 2.94. The zero-order valence-corrected chi connectivity index (χ0v) is 13.6. The summed E-state index contributed by atoms with van der Waals surface area (Å²) in [7, 11) is 0. The maximum atomic E-state index is 5.71. The lowest BCUT2D eigenvalue weighted by molar-refractivity contribution is 0.444. The molecule has 1 heterocycles. The van der Waals surface area contributed by atoms with Crippen molar-refractivity contribution < 1.29 is 4.42 Å². The molecule has 0 aliphatic rings. The third-order valence-corrected chi connectivity index (χ3v) is 4.21. The highest BCUT2D eigenvalue weighted by Gasteiger charge is 2.18. The molecule has 114 valence electrons. The van der Waals surface area contributed by atoms with E-state index in [1.165, 1.54) is 23.1 Å². The molecule has 2 aromatic rings. The third-order valence-electron chi connectivity index (χ3n) is 4.21. The number of benzene rings is 1. The van der Waals surface area contributed by atoms with Crippen LogP contribution in [0.5, 0.6) is 0 Å². The predicted molar refractivity (Wildman–Crippen MR) is 88.7 cm³/mol. The molecule has 1 N–H and O–H groups in total. The van der Waals surface area contributed by atoms with Gasteiger partial charge >= 0.3 is 0 Å². The SMILES string of the molecule is CCCNC(c1ccc(C(C)CC)cc1)c1occc1C. The molecular formula is C19H27NO. The van der Waals surface area contributed by atoms with E-state index in [9.17, 15) is 0 Å². The van der Waals surface area contributed by atoms with Crippen LogP contribution >= 0.6 is 0 Å². The lowest BCUT2D eigenvalue weighted by Gasteiger charge is -2.19. The van der Waals surface area contributed by atoms with Gasteiger partial charge in [-0.2, -0.15) is 0 Å². The van der Waals surface area contributed by atoms with E-state index >= 15 is 0 Å². The number of rotatable bonds is 7. The van der Waals surface area contributed by atoms with Crippen LogP contribution in [0.25, 0.3) is 0 Å². The Kier molecular flexibility index (Phi) is 5.63. The Bertz CT molecular complexity index is 541. The quantitative estimate of drug-likeness (QED) is 0.757. The number of hydrogen-bond donors (Lipinski definition) is 1. The summed E-state index contributed by atoms with van der Waals surface area (Å²) in [5.41, 5.74) is 3.88. The third kappa shape index (κ3) is 3.76. The predicted octanol–water partition coefficient (Wildman–Crippen LogP) is 5.19. The lowest BCUT2D eigenvalue weighted by Crippen LogP contribution is -2.23. The fraction of sp³-hybridized carbons (Fsp3) is 0.474. The minimum atomic E-state index is 0.144. The molecule has 0 fully saturated rings. The van der Waals surface area contributed by atoms with Crippen molar-refractivity contribution in [3.63, 3.8) is 0 Å². The van der Waals surface area contributed by atoms with Crippen molar-refractivity contribution in [1.29, 1.82) is 0 Å². The van der Waals surface area contributed by atoms with Crippen LogP contribution in [0.15, 0.2) is 41.0 Å². The largest absolute Gasteiger partial charge is 0.467 e. The molecule has 0 radical (unpaired) electrons. The summed E-state index contributed by atoms with van der Waals surface area (Å²) in [5.74, 6) is 1.64. The molecule has 21 heavy (non-hydrogen) atoms. The first kappa shape index (κ1) is 15.8. The molecule has 0 bridgehead atoms. The summed E-state index contributed by atoms with van der Waals surface area (Å²) in [6.45, 7) is 9.78. The normalized spacial score (nSPS) is 14.1. The van der Waals surface area contributed by atoms with Gasteiger partial charge in [-0.1, -0.05) is 45.0 Å². The summed E-state index contributed by atoms with van der Waals surface area (Å²) in [6.07, 6.45) is 4.06. The van der Waals surface area contributed by atoms with E-state index in [1.807, 2.05) is 6.07 Å². The molecule has 2 heteroatoms. The van der Waals surface area contributed by atoms with E-state index in [0.29, 0.717) is 5.92 Å². The van der Waals surface area contributed by atoms with E-state index in [4.69, 9.17) is 4.42 Å². The molecule has 1 aromatic heterocycles. The first-order valence-corrected chi connectivity index (χ1v) is 8.04. The van der Waals surface area contributed by atoms with Gasteiger partial charge in [0.05, 0.1) is 12.3 Å². The molecule has 2 unspecified atom stereocenters. The fourth-order valence-corrected chi connectivity index (χ4v) is 2.58. The van der Waals surface area contributed by atoms with E-state index in [1.54, 1.807) is 6.26 Å². The molecule has 0 saturated carbocycles. The van der Waals surface area contributed by atoms with Crippen LogP contribution in [0.1, 0.15) is 68.0 Å². The van der Waals surface area contributed by atoms with E-state index < -0.39 is 0 Å². The van der Waals surface area contributed by atoms with Gasteiger partial charge in [0.15, 0.2) is 0 Å². The van der Waals surface area contributed by atoms with Crippen molar-refractivity contribution in [2.75, 3.05) is 6.54 Å². The van der Waals surface area contributed by atoms with Gasteiger partial charge in [-0.25, -0.2) is 0 Å². The minimum Gasteiger partial charge on any atom is -0.467 e. The molecule has 1 aromatic carbocycles. The van der Waals surface area contributed by atoms with Gasteiger partial charge < -0.3 is 9.73 Å². The van der Waals surface area contributed by atoms with Gasteiger partial charge in [0.1, 0.15) is 5.76 Å². The van der Waals surface area contributed by atoms with Crippen LogP contribution in [0.3, 0.4) is 0 Å². The summed E-state index contributed by atoms with van der Waals surface area (Å²) in [4.78, 5) is 0. The second-order valence-corrected chi connectivity index (χ2v) is 5.83. The van der Waals surface area contributed by atoms with E-state index in [0.717, 1.165) is 18.7 Å². The summed E-state index contributed by atoms with van der Waals surface area (Å²) >= 11 is 0. The highest BCUT2D eigenvalue weighted by Crippen LogP contribution is 2.27. The van der Waals surface area contributed by atoms with Gasteiger partial charge in [0.25, 0.3) is 0 Å². The van der Waals surface area contributed by atoms with Crippen molar-refractivity contribution in [1.82, 2.24) is 5.32 Å². The Balaban J connectivity index is 2.26. The molecule has 0 saturated heterocycles. The van der Waals surface area contributed by atoms with Crippen LogP contribution < -0.4 is 5.32 Å². The van der Waals surface area contributed by atoms with Crippen LogP contribution in [0.2, 0.25) is 0 Å². The van der Waals surface area contributed by atoms with E-state index in [2.05, 4.69) is 57.3 Å². The molecule has 0 spiro atoms. The average molecular weight is 285 g/mol. The molecule has 0 aliphatic heterocycles. The van der Waals surface area contributed by atoms with Crippen molar-refractivity contribution in [2.45, 2.75) is 52.5 Å². The Morgan fingerprint density at radius 1 is 1.05 bits per heavy atom. The molecule has 2 atom stereocenters. The zero-order chi connectivity index (χ0) is 15.2. The Morgan fingerprint density at radius 3 is 2.24 bits per heavy atom. The second-order valence-electron chi connectivity index (χ2n) is 5.83. The number of nitrogens with one attached hydrogen (secondary N) is 1. The first-order chi connectivity index (χ1) is 10.2. The highest BCUT2D eigenvalue weighted by molar-refractivity contribution is 5.33. The Hall–Kier alpha value is -1.54. The van der Waals surface area contributed by atoms with Crippen LogP contribution in [-0.2, 0) is 0 Å². The van der Waals surface area contributed by atoms with Gasteiger partial charge in [-0.05, 0) is 55.0 Å². The highest BCUT2D eigenvalue weighted by atomic mass is 16.3. The molecule has 0 amide bonds. The maximum Gasteiger partial charge on any atom is 0.128 e. The van der Waals surface area contributed by atoms with Gasteiger partial charge in [-0.3, -0.25) is 0 Å².